The highest BCUT2D eigenvalue weighted by molar-refractivity contribution is 6.64. The van der Waals surface area contributed by atoms with Crippen LogP contribution in [0.15, 0.2) is 16.2 Å². The SMILES string of the molecule is CN=CC(B(C)OC(C)(C)C(C)(C)O)=C(N)COC. The molecule has 0 fully saturated rings. The maximum Gasteiger partial charge on any atom is 0.327 e. The van der Waals surface area contributed by atoms with Crippen molar-refractivity contribution < 1.29 is 14.5 Å². The Kier molecular flexibility index (Phi) is 6.76. The van der Waals surface area contributed by atoms with Gasteiger partial charge in [-0.05, 0) is 33.2 Å². The molecule has 0 aromatic rings. The van der Waals surface area contributed by atoms with Crippen molar-refractivity contribution >= 4 is 13.1 Å². The van der Waals surface area contributed by atoms with Crippen LogP contribution in [-0.4, -0.2) is 50.2 Å². The molecular weight excluding hydrogens is 243 g/mol. The minimum atomic E-state index is -0.967. The van der Waals surface area contributed by atoms with Gasteiger partial charge in [-0.3, -0.25) is 4.99 Å². The van der Waals surface area contributed by atoms with Crippen molar-refractivity contribution in [2.75, 3.05) is 20.8 Å². The molecule has 0 rings (SSSR count). The first-order valence-electron chi connectivity index (χ1n) is 6.36. The Morgan fingerprint density at radius 1 is 1.37 bits per heavy atom. The molecule has 6 heteroatoms. The predicted octanol–water partition coefficient (Wildman–Crippen LogP) is 1.27. The van der Waals surface area contributed by atoms with Crippen LogP contribution in [0.2, 0.25) is 6.82 Å². The lowest BCUT2D eigenvalue weighted by molar-refractivity contribution is -0.0921. The highest BCUT2D eigenvalue weighted by Gasteiger charge is 2.38. The molecule has 0 aromatic heterocycles. The van der Waals surface area contributed by atoms with Gasteiger partial charge in [0.25, 0.3) is 0 Å². The molecule has 0 unspecified atom stereocenters. The van der Waals surface area contributed by atoms with E-state index in [-0.39, 0.29) is 6.92 Å². The quantitative estimate of drug-likeness (QED) is 0.539. The summed E-state index contributed by atoms with van der Waals surface area (Å²) in [5.74, 6) is 0. The summed E-state index contributed by atoms with van der Waals surface area (Å²) in [4.78, 5) is 3.99. The fourth-order valence-corrected chi connectivity index (χ4v) is 1.48. The molecule has 0 saturated heterocycles. The molecule has 19 heavy (non-hydrogen) atoms. The lowest BCUT2D eigenvalue weighted by Gasteiger charge is -2.39. The summed E-state index contributed by atoms with van der Waals surface area (Å²) in [6, 6.07) is 0. The Morgan fingerprint density at radius 3 is 2.26 bits per heavy atom. The van der Waals surface area contributed by atoms with Crippen LogP contribution in [0.1, 0.15) is 27.7 Å². The van der Waals surface area contributed by atoms with E-state index in [1.54, 1.807) is 34.2 Å². The molecule has 0 amide bonds. The summed E-state index contributed by atoms with van der Waals surface area (Å²) >= 11 is 0. The lowest BCUT2D eigenvalue weighted by atomic mass is 9.61. The Morgan fingerprint density at radius 2 is 1.89 bits per heavy atom. The van der Waals surface area contributed by atoms with Crippen molar-refractivity contribution in [2.45, 2.75) is 45.7 Å². The highest BCUT2D eigenvalue weighted by atomic mass is 16.5. The smallest absolute Gasteiger partial charge is 0.327 e. The zero-order valence-corrected chi connectivity index (χ0v) is 13.2. The van der Waals surface area contributed by atoms with Crippen molar-refractivity contribution in [1.82, 2.24) is 0 Å². The van der Waals surface area contributed by atoms with E-state index in [4.69, 9.17) is 15.1 Å². The Bertz CT molecular complexity index is 346. The van der Waals surface area contributed by atoms with Crippen LogP contribution in [0.4, 0.5) is 0 Å². The fourth-order valence-electron chi connectivity index (χ4n) is 1.48. The molecule has 0 saturated carbocycles. The second-order valence-electron chi connectivity index (χ2n) is 5.63. The van der Waals surface area contributed by atoms with Gasteiger partial charge in [0.15, 0.2) is 0 Å². The summed E-state index contributed by atoms with van der Waals surface area (Å²) < 4.78 is 11.0. The maximum atomic E-state index is 10.1. The Labute approximate surface area is 117 Å². The predicted molar refractivity (Wildman–Crippen MR) is 80.6 cm³/mol. The normalized spacial score (nSPS) is 14.7. The second-order valence-corrected chi connectivity index (χ2v) is 5.63. The number of allylic oxidation sites excluding steroid dienone is 1. The van der Waals surface area contributed by atoms with Crippen LogP contribution in [0.5, 0.6) is 0 Å². The Hall–Kier alpha value is -0.845. The molecule has 0 aliphatic heterocycles. The summed E-state index contributed by atoms with van der Waals surface area (Å²) in [5.41, 5.74) is 5.62. The molecule has 0 aromatic carbocycles. The first-order chi connectivity index (χ1) is 8.56. The first kappa shape index (κ1) is 18.2. The van der Waals surface area contributed by atoms with Gasteiger partial charge in [0.05, 0.1) is 17.8 Å². The topological polar surface area (TPSA) is 77.1 Å². The molecule has 0 atom stereocenters. The van der Waals surface area contributed by atoms with Crippen molar-refractivity contribution in [2.24, 2.45) is 10.7 Å². The standard InChI is InChI=1S/C13H27BN2O3/c1-12(2,17)13(3,4)19-14(5)10(8-16-6)11(15)9-18-7/h8,17H,9,15H2,1-7H3. The number of rotatable bonds is 7. The minimum Gasteiger partial charge on any atom is -0.423 e. The summed E-state index contributed by atoms with van der Waals surface area (Å²) in [6.07, 6.45) is 1.67. The number of aliphatic hydroxyl groups is 1. The van der Waals surface area contributed by atoms with Gasteiger partial charge in [0, 0.05) is 26.1 Å². The summed E-state index contributed by atoms with van der Waals surface area (Å²) in [6.45, 7) is 9.03. The van der Waals surface area contributed by atoms with Crippen molar-refractivity contribution in [1.29, 1.82) is 0 Å². The van der Waals surface area contributed by atoms with E-state index < -0.39 is 11.2 Å². The summed E-state index contributed by atoms with van der Waals surface area (Å²) in [7, 11) is 3.26. The van der Waals surface area contributed by atoms with E-state index in [2.05, 4.69) is 4.99 Å². The number of ether oxygens (including phenoxy) is 1. The van der Waals surface area contributed by atoms with Crippen LogP contribution >= 0.6 is 0 Å². The molecule has 0 heterocycles. The van der Waals surface area contributed by atoms with Gasteiger partial charge in [0.2, 0.25) is 0 Å². The van der Waals surface area contributed by atoms with Gasteiger partial charge >= 0.3 is 6.92 Å². The van der Waals surface area contributed by atoms with Crippen molar-refractivity contribution in [3.05, 3.63) is 11.2 Å². The third kappa shape index (κ3) is 5.34. The molecular formula is C13H27BN2O3. The number of aliphatic imine (C=N–C) groups is 1. The van der Waals surface area contributed by atoms with E-state index in [9.17, 15) is 5.11 Å². The number of hydrogen-bond donors (Lipinski definition) is 2. The van der Waals surface area contributed by atoms with E-state index in [1.165, 1.54) is 0 Å². The first-order valence-corrected chi connectivity index (χ1v) is 6.36. The molecule has 0 bridgehead atoms. The van der Waals surface area contributed by atoms with Crippen LogP contribution < -0.4 is 5.73 Å². The second kappa shape index (κ2) is 7.08. The molecule has 110 valence electrons. The number of nitrogens with two attached hydrogens (primary N) is 1. The maximum absolute atomic E-state index is 10.1. The zero-order chi connectivity index (χ0) is 15.3. The third-order valence-electron chi connectivity index (χ3n) is 3.32. The van der Waals surface area contributed by atoms with Gasteiger partial charge in [-0.1, -0.05) is 6.82 Å². The summed E-state index contributed by atoms with van der Waals surface area (Å²) in [5, 5.41) is 10.1. The van der Waals surface area contributed by atoms with E-state index in [0.29, 0.717) is 12.3 Å². The van der Waals surface area contributed by atoms with Gasteiger partial charge in [0.1, 0.15) is 0 Å². The van der Waals surface area contributed by atoms with E-state index in [1.807, 2.05) is 20.7 Å². The van der Waals surface area contributed by atoms with Crippen molar-refractivity contribution in [3.63, 3.8) is 0 Å². The third-order valence-corrected chi connectivity index (χ3v) is 3.32. The molecule has 5 nitrogen and oxygen atoms in total. The van der Waals surface area contributed by atoms with Gasteiger partial charge in [-0.15, -0.1) is 0 Å². The van der Waals surface area contributed by atoms with Gasteiger partial charge in [-0.25, -0.2) is 0 Å². The molecule has 0 aliphatic carbocycles. The average Bonchev–Trinajstić information content (AvgIpc) is 2.23. The molecule has 0 radical (unpaired) electrons. The highest BCUT2D eigenvalue weighted by Crippen LogP contribution is 2.27. The monoisotopic (exact) mass is 270 g/mol. The van der Waals surface area contributed by atoms with Crippen LogP contribution in [0.3, 0.4) is 0 Å². The lowest BCUT2D eigenvalue weighted by Crippen LogP contribution is -2.50. The molecule has 0 aliphatic rings. The molecule has 3 N–H and O–H groups in total. The van der Waals surface area contributed by atoms with Crippen LogP contribution in [0.25, 0.3) is 0 Å². The molecule has 0 spiro atoms. The van der Waals surface area contributed by atoms with Crippen molar-refractivity contribution in [3.8, 4) is 0 Å². The minimum absolute atomic E-state index is 0.291. The Balaban J connectivity index is 5.15. The number of methoxy groups -OCH3 is 1. The van der Waals surface area contributed by atoms with Crippen LogP contribution in [0, 0.1) is 0 Å². The van der Waals surface area contributed by atoms with Crippen LogP contribution in [-0.2, 0) is 9.39 Å². The van der Waals surface area contributed by atoms with E-state index >= 15 is 0 Å². The largest absolute Gasteiger partial charge is 0.423 e. The zero-order valence-electron chi connectivity index (χ0n) is 13.2. The average molecular weight is 270 g/mol. The fraction of sp³-hybridized carbons (Fsp3) is 0.769. The van der Waals surface area contributed by atoms with Gasteiger partial charge < -0.3 is 20.2 Å². The van der Waals surface area contributed by atoms with Gasteiger partial charge in [-0.2, -0.15) is 0 Å². The van der Waals surface area contributed by atoms with E-state index in [0.717, 1.165) is 5.47 Å². The number of nitrogens with zero attached hydrogens (tertiary/aromatic N) is 1. The number of hydrogen-bond acceptors (Lipinski definition) is 5.